The highest BCUT2D eigenvalue weighted by molar-refractivity contribution is 6.28. The van der Waals surface area contributed by atoms with E-state index in [1.54, 1.807) is 23.8 Å². The van der Waals surface area contributed by atoms with E-state index in [2.05, 4.69) is 15.3 Å². The number of halogens is 1. The highest BCUT2D eigenvalue weighted by Crippen LogP contribution is 2.25. The minimum atomic E-state index is -1.16. The van der Waals surface area contributed by atoms with Gasteiger partial charge in [-0.25, -0.2) is 9.78 Å². The highest BCUT2D eigenvalue weighted by Gasteiger charge is 2.21. The van der Waals surface area contributed by atoms with Crippen molar-refractivity contribution in [2.45, 2.75) is 39.3 Å². The van der Waals surface area contributed by atoms with E-state index in [0.29, 0.717) is 23.3 Å². The van der Waals surface area contributed by atoms with Crippen molar-refractivity contribution in [1.82, 2.24) is 19.9 Å². The quantitative estimate of drug-likeness (QED) is 0.294. The van der Waals surface area contributed by atoms with Crippen molar-refractivity contribution < 1.29 is 19.4 Å². The maximum atomic E-state index is 12.4. The van der Waals surface area contributed by atoms with Gasteiger partial charge in [-0.3, -0.25) is 0 Å². The van der Waals surface area contributed by atoms with Crippen LogP contribution in [0.15, 0.2) is 54.7 Å². The molecule has 2 N–H and O–H groups in total. The van der Waals surface area contributed by atoms with Crippen LogP contribution in [0, 0.1) is 0 Å². The van der Waals surface area contributed by atoms with Gasteiger partial charge in [-0.15, -0.1) is 0 Å². The summed E-state index contributed by atoms with van der Waals surface area (Å²) in [7, 11) is 0. The number of aliphatic hydroxyl groups excluding tert-OH is 1. The molecule has 9 heteroatoms. The van der Waals surface area contributed by atoms with Gasteiger partial charge in [-0.1, -0.05) is 42.5 Å². The molecule has 2 aromatic heterocycles. The summed E-state index contributed by atoms with van der Waals surface area (Å²) in [6, 6.07) is 10.7. The van der Waals surface area contributed by atoms with Crippen LogP contribution >= 0.6 is 11.6 Å². The third-order valence-corrected chi connectivity index (χ3v) is 4.72. The molecule has 1 aromatic carbocycles. The van der Waals surface area contributed by atoms with Gasteiger partial charge >= 0.3 is 6.09 Å². The molecule has 0 aliphatic rings. The van der Waals surface area contributed by atoms with Crippen molar-refractivity contribution >= 4 is 28.7 Å². The molecule has 3 rings (SSSR count). The minimum Gasteiger partial charge on any atom is -0.445 e. The highest BCUT2D eigenvalue weighted by atomic mass is 35.5. The lowest BCUT2D eigenvalue weighted by atomic mass is 10.2. The van der Waals surface area contributed by atoms with Crippen LogP contribution in [-0.2, 0) is 22.6 Å². The lowest BCUT2D eigenvalue weighted by Gasteiger charge is -2.20. The van der Waals surface area contributed by atoms with Crippen molar-refractivity contribution in [1.29, 1.82) is 0 Å². The molecule has 0 aliphatic carbocycles. The van der Waals surface area contributed by atoms with E-state index in [0.717, 1.165) is 5.56 Å². The van der Waals surface area contributed by atoms with Gasteiger partial charge in [0.15, 0.2) is 6.29 Å². The van der Waals surface area contributed by atoms with Crippen LogP contribution in [0.4, 0.5) is 4.79 Å². The maximum Gasteiger partial charge on any atom is 0.407 e. The summed E-state index contributed by atoms with van der Waals surface area (Å²) in [5.74, 6) is 0. The van der Waals surface area contributed by atoms with E-state index >= 15 is 0 Å². The molecular formula is C22H25ClN4O4. The summed E-state index contributed by atoms with van der Waals surface area (Å²) in [6.07, 6.45) is 3.52. The van der Waals surface area contributed by atoms with Gasteiger partial charge in [0.05, 0.1) is 11.7 Å². The first-order valence-electron chi connectivity index (χ1n) is 9.93. The molecule has 0 spiro atoms. The third-order valence-electron chi connectivity index (χ3n) is 4.53. The molecule has 3 aromatic rings. The van der Waals surface area contributed by atoms with Crippen molar-refractivity contribution in [3.05, 3.63) is 71.3 Å². The van der Waals surface area contributed by atoms with Crippen LogP contribution in [0.3, 0.4) is 0 Å². The summed E-state index contributed by atoms with van der Waals surface area (Å²) in [5.41, 5.74) is 1.91. The second kappa shape index (κ2) is 10.9. The van der Waals surface area contributed by atoms with E-state index in [1.165, 1.54) is 0 Å². The Balaban J connectivity index is 1.80. The number of fused-ring (bicyclic) bond motifs is 1. The number of amides is 1. The average molecular weight is 445 g/mol. The molecule has 1 amide bonds. The number of carbonyl (C=O) groups is 1. The van der Waals surface area contributed by atoms with Gasteiger partial charge in [-0.05, 0) is 37.1 Å². The fourth-order valence-electron chi connectivity index (χ4n) is 3.18. The number of aromatic nitrogens is 3. The van der Waals surface area contributed by atoms with Gasteiger partial charge in [0.2, 0.25) is 5.28 Å². The number of nitrogens with one attached hydrogen (secondary N) is 1. The Morgan fingerprint density at radius 3 is 2.84 bits per heavy atom. The van der Waals surface area contributed by atoms with Crippen molar-refractivity contribution in [3.63, 3.8) is 0 Å². The number of rotatable bonds is 9. The zero-order valence-electron chi connectivity index (χ0n) is 17.4. The molecule has 0 fully saturated rings. The van der Waals surface area contributed by atoms with Gasteiger partial charge in [-0.2, -0.15) is 4.98 Å². The summed E-state index contributed by atoms with van der Waals surface area (Å²) >= 11 is 5.99. The molecule has 2 atom stereocenters. The number of carbonyl (C=O) groups excluding carboxylic acids is 1. The van der Waals surface area contributed by atoms with Crippen molar-refractivity contribution in [3.8, 4) is 0 Å². The van der Waals surface area contributed by atoms with Crippen LogP contribution in [0.2, 0.25) is 5.28 Å². The number of ether oxygens (including phenoxy) is 2. The standard InChI is InChI=1S/C22H25ClN4O4/c1-3-8-17(25-22(29)31-14-15-9-6-5-7-10-15)13-27-18(20(28)30-4-2)11-16-12-24-21(23)26-19(16)27/h3,5-12,17,20,28H,4,13-14H2,1-2H3,(H,25,29)/b8-3-. The number of benzene rings is 1. The van der Waals surface area contributed by atoms with Gasteiger partial charge in [0, 0.05) is 24.7 Å². The fourth-order valence-corrected chi connectivity index (χ4v) is 3.31. The average Bonchev–Trinajstić information content (AvgIpc) is 3.11. The lowest BCUT2D eigenvalue weighted by molar-refractivity contribution is -0.102. The first-order chi connectivity index (χ1) is 15.0. The molecule has 2 heterocycles. The largest absolute Gasteiger partial charge is 0.445 e. The summed E-state index contributed by atoms with van der Waals surface area (Å²) in [6.45, 7) is 4.42. The van der Waals surface area contributed by atoms with Crippen LogP contribution in [-0.4, -0.2) is 38.4 Å². The Kier molecular flexibility index (Phi) is 8.00. The first-order valence-corrected chi connectivity index (χ1v) is 10.3. The predicted molar refractivity (Wildman–Crippen MR) is 117 cm³/mol. The normalized spacial score (nSPS) is 13.4. The molecule has 8 nitrogen and oxygen atoms in total. The van der Waals surface area contributed by atoms with Crippen LogP contribution in [0.1, 0.15) is 31.4 Å². The summed E-state index contributed by atoms with van der Waals surface area (Å²) < 4.78 is 12.5. The zero-order valence-corrected chi connectivity index (χ0v) is 18.1. The molecular weight excluding hydrogens is 420 g/mol. The Labute approximate surface area is 185 Å². The van der Waals surface area contributed by atoms with E-state index in [9.17, 15) is 9.90 Å². The van der Waals surface area contributed by atoms with Crippen molar-refractivity contribution in [2.75, 3.05) is 6.61 Å². The number of alkyl carbamates (subject to hydrolysis) is 1. The van der Waals surface area contributed by atoms with Gasteiger partial charge < -0.3 is 24.5 Å². The SMILES string of the molecule is C/C=C\C(Cn1c(C(O)OCC)cc2cnc(Cl)nc21)NC(=O)OCc1ccccc1. The number of hydrogen-bond donors (Lipinski definition) is 2. The lowest BCUT2D eigenvalue weighted by Crippen LogP contribution is -2.37. The molecule has 0 radical (unpaired) electrons. The molecule has 31 heavy (non-hydrogen) atoms. The van der Waals surface area contributed by atoms with E-state index in [-0.39, 0.29) is 18.4 Å². The van der Waals surface area contributed by atoms with Crippen LogP contribution in [0.5, 0.6) is 0 Å². The molecule has 164 valence electrons. The van der Waals surface area contributed by atoms with Crippen LogP contribution in [0.25, 0.3) is 11.0 Å². The Bertz CT molecular complexity index is 1040. The molecule has 0 aliphatic heterocycles. The minimum absolute atomic E-state index is 0.0853. The summed E-state index contributed by atoms with van der Waals surface area (Å²) in [5, 5.41) is 14.1. The topological polar surface area (TPSA) is 98.5 Å². The number of hydrogen-bond acceptors (Lipinski definition) is 6. The number of allylic oxidation sites excluding steroid dienone is 1. The van der Waals surface area contributed by atoms with Gasteiger partial charge in [0.1, 0.15) is 12.3 Å². The number of aliphatic hydroxyl groups is 1. The molecule has 2 unspecified atom stereocenters. The fraction of sp³-hybridized carbons (Fsp3) is 0.318. The number of nitrogens with zero attached hydrogens (tertiary/aromatic N) is 3. The Morgan fingerprint density at radius 1 is 1.35 bits per heavy atom. The second-order valence-electron chi connectivity index (χ2n) is 6.74. The zero-order chi connectivity index (χ0) is 22.2. The Hall–Kier alpha value is -2.94. The summed E-state index contributed by atoms with van der Waals surface area (Å²) in [4.78, 5) is 20.7. The predicted octanol–water partition coefficient (Wildman–Crippen LogP) is 3.98. The van der Waals surface area contributed by atoms with E-state index in [1.807, 2.05) is 49.4 Å². The monoisotopic (exact) mass is 444 g/mol. The smallest absolute Gasteiger partial charge is 0.407 e. The molecule has 0 saturated heterocycles. The second-order valence-corrected chi connectivity index (χ2v) is 7.08. The Morgan fingerprint density at radius 2 is 2.13 bits per heavy atom. The van der Waals surface area contributed by atoms with E-state index < -0.39 is 18.4 Å². The van der Waals surface area contributed by atoms with Crippen molar-refractivity contribution in [2.24, 2.45) is 0 Å². The van der Waals surface area contributed by atoms with E-state index in [4.69, 9.17) is 21.1 Å². The molecule has 0 saturated carbocycles. The maximum absolute atomic E-state index is 12.4. The third kappa shape index (κ3) is 6.04. The van der Waals surface area contributed by atoms with Gasteiger partial charge in [0.25, 0.3) is 0 Å². The molecule has 0 bridgehead atoms. The first kappa shape index (κ1) is 22.7. The van der Waals surface area contributed by atoms with Crippen LogP contribution < -0.4 is 5.32 Å².